The number of halogens is 1. The molecule has 1 aromatic heterocycles. The molecule has 0 saturated carbocycles. The van der Waals surface area contributed by atoms with Crippen molar-refractivity contribution in [1.82, 2.24) is 4.98 Å². The average molecular weight is 223 g/mol. The minimum atomic E-state index is -0.262. The van der Waals surface area contributed by atoms with Gasteiger partial charge in [0, 0.05) is 5.69 Å². The Balaban J connectivity index is 2.24. The summed E-state index contributed by atoms with van der Waals surface area (Å²) in [5, 5.41) is 4.29. The van der Waals surface area contributed by atoms with Crippen LogP contribution >= 0.6 is 11.3 Å². The number of nitrogens with one attached hydrogen (secondary N) is 1. The molecule has 0 unspecified atom stereocenters. The van der Waals surface area contributed by atoms with Gasteiger partial charge in [-0.15, -0.1) is 0 Å². The third-order valence-corrected chi connectivity index (χ3v) is 2.56. The Morgan fingerprint density at radius 2 is 2.20 bits per heavy atom. The molecule has 0 spiro atoms. The monoisotopic (exact) mass is 223 g/mol. The highest BCUT2D eigenvalue weighted by Crippen LogP contribution is 2.24. The molecule has 0 fully saturated rings. The molecule has 1 aromatic carbocycles. The summed E-state index contributed by atoms with van der Waals surface area (Å²) in [4.78, 5) is 4.03. The fraction of sp³-hybridized carbons (Fsp3) is 0.100. The SMILES string of the molecule is Cc1cc(F)cc(Nc2ncc(N)s2)c1. The van der Waals surface area contributed by atoms with Gasteiger partial charge in [-0.3, -0.25) is 0 Å². The van der Waals surface area contributed by atoms with Gasteiger partial charge in [0.05, 0.1) is 6.20 Å². The molecule has 1 heterocycles. The zero-order valence-corrected chi connectivity index (χ0v) is 8.94. The van der Waals surface area contributed by atoms with Crippen LogP contribution < -0.4 is 11.1 Å². The van der Waals surface area contributed by atoms with E-state index in [1.807, 2.05) is 13.0 Å². The van der Waals surface area contributed by atoms with Crippen molar-refractivity contribution in [2.75, 3.05) is 11.1 Å². The first-order valence-corrected chi connectivity index (χ1v) is 5.20. The molecule has 3 nitrogen and oxygen atoms in total. The van der Waals surface area contributed by atoms with Crippen molar-refractivity contribution in [3.8, 4) is 0 Å². The van der Waals surface area contributed by atoms with Crippen LogP contribution in [0.15, 0.2) is 24.4 Å². The van der Waals surface area contributed by atoms with Crippen LogP contribution in [-0.4, -0.2) is 4.98 Å². The van der Waals surface area contributed by atoms with Gasteiger partial charge in [-0.25, -0.2) is 9.37 Å². The number of hydrogen-bond donors (Lipinski definition) is 2. The number of nitrogens with two attached hydrogens (primary N) is 1. The molecule has 0 radical (unpaired) electrons. The molecule has 0 bridgehead atoms. The van der Waals surface area contributed by atoms with E-state index in [1.165, 1.54) is 23.5 Å². The van der Waals surface area contributed by atoms with Gasteiger partial charge in [0.2, 0.25) is 0 Å². The molecule has 2 aromatic rings. The lowest BCUT2D eigenvalue weighted by molar-refractivity contribution is 0.627. The van der Waals surface area contributed by atoms with Crippen molar-refractivity contribution in [3.05, 3.63) is 35.8 Å². The van der Waals surface area contributed by atoms with Crippen LogP contribution in [0.1, 0.15) is 5.56 Å². The van der Waals surface area contributed by atoms with Crippen molar-refractivity contribution >= 4 is 27.2 Å². The number of thiazole rings is 1. The van der Waals surface area contributed by atoms with Gasteiger partial charge in [-0.05, 0) is 30.7 Å². The number of aryl methyl sites for hydroxylation is 1. The van der Waals surface area contributed by atoms with Crippen molar-refractivity contribution in [2.45, 2.75) is 6.92 Å². The first kappa shape index (κ1) is 9.92. The van der Waals surface area contributed by atoms with E-state index in [1.54, 1.807) is 6.20 Å². The van der Waals surface area contributed by atoms with Crippen LogP contribution in [-0.2, 0) is 0 Å². The lowest BCUT2D eigenvalue weighted by atomic mass is 10.2. The maximum Gasteiger partial charge on any atom is 0.189 e. The van der Waals surface area contributed by atoms with Crippen LogP contribution in [0.4, 0.5) is 20.2 Å². The number of rotatable bonds is 2. The second-order valence-corrected chi connectivity index (χ2v) is 4.27. The molecule has 0 aliphatic rings. The predicted octanol–water partition coefficient (Wildman–Crippen LogP) is 2.92. The highest BCUT2D eigenvalue weighted by Gasteiger charge is 2.01. The zero-order valence-electron chi connectivity index (χ0n) is 8.12. The Morgan fingerprint density at radius 3 is 2.80 bits per heavy atom. The average Bonchev–Trinajstić information content (AvgIpc) is 2.49. The van der Waals surface area contributed by atoms with Gasteiger partial charge in [-0.2, -0.15) is 0 Å². The minimum absolute atomic E-state index is 0.262. The first-order chi connectivity index (χ1) is 7.13. The summed E-state index contributed by atoms with van der Waals surface area (Å²) in [6.07, 6.45) is 1.57. The molecular weight excluding hydrogens is 213 g/mol. The van der Waals surface area contributed by atoms with Gasteiger partial charge in [0.1, 0.15) is 10.8 Å². The topological polar surface area (TPSA) is 50.9 Å². The summed E-state index contributed by atoms with van der Waals surface area (Å²) < 4.78 is 13.1. The highest BCUT2D eigenvalue weighted by molar-refractivity contribution is 7.19. The van der Waals surface area contributed by atoms with Crippen molar-refractivity contribution in [2.24, 2.45) is 0 Å². The molecular formula is C10H10FN3S. The summed E-state index contributed by atoms with van der Waals surface area (Å²) in [5.41, 5.74) is 7.08. The summed E-state index contributed by atoms with van der Waals surface area (Å²) in [5.74, 6) is -0.262. The van der Waals surface area contributed by atoms with Gasteiger partial charge in [0.25, 0.3) is 0 Å². The maximum atomic E-state index is 13.1. The third kappa shape index (κ3) is 2.44. The van der Waals surface area contributed by atoms with Crippen LogP contribution in [0.5, 0.6) is 0 Å². The second kappa shape index (κ2) is 3.86. The first-order valence-electron chi connectivity index (χ1n) is 4.39. The third-order valence-electron chi connectivity index (χ3n) is 1.82. The quantitative estimate of drug-likeness (QED) is 0.823. The van der Waals surface area contributed by atoms with E-state index in [-0.39, 0.29) is 5.82 Å². The zero-order chi connectivity index (χ0) is 10.8. The summed E-state index contributed by atoms with van der Waals surface area (Å²) in [7, 11) is 0. The fourth-order valence-corrected chi connectivity index (χ4v) is 1.88. The number of benzene rings is 1. The number of nitrogen functional groups attached to an aromatic ring is 1. The molecule has 78 valence electrons. The Hall–Kier alpha value is -1.62. The van der Waals surface area contributed by atoms with Crippen LogP contribution in [0.3, 0.4) is 0 Å². The van der Waals surface area contributed by atoms with Crippen LogP contribution in [0.2, 0.25) is 0 Å². The maximum absolute atomic E-state index is 13.1. The van der Waals surface area contributed by atoms with Crippen LogP contribution in [0.25, 0.3) is 0 Å². The molecule has 2 rings (SSSR count). The lowest BCUT2D eigenvalue weighted by Gasteiger charge is -2.03. The molecule has 0 atom stereocenters. The van der Waals surface area contributed by atoms with Gasteiger partial charge in [-0.1, -0.05) is 11.3 Å². The van der Waals surface area contributed by atoms with Gasteiger partial charge >= 0.3 is 0 Å². The largest absolute Gasteiger partial charge is 0.389 e. The Bertz CT molecular complexity index is 461. The smallest absolute Gasteiger partial charge is 0.189 e. The van der Waals surface area contributed by atoms with Crippen molar-refractivity contribution < 1.29 is 4.39 Å². The standard InChI is InChI=1S/C10H10FN3S/c1-6-2-7(11)4-8(3-6)14-10-13-5-9(12)15-10/h2-5H,12H2,1H3,(H,13,14). The van der Waals surface area contributed by atoms with E-state index in [0.29, 0.717) is 15.8 Å². The van der Waals surface area contributed by atoms with E-state index < -0.39 is 0 Å². The molecule has 15 heavy (non-hydrogen) atoms. The van der Waals surface area contributed by atoms with E-state index in [2.05, 4.69) is 10.3 Å². The normalized spacial score (nSPS) is 10.3. The molecule has 0 aliphatic carbocycles. The number of aromatic nitrogens is 1. The number of hydrogen-bond acceptors (Lipinski definition) is 4. The summed E-state index contributed by atoms with van der Waals surface area (Å²) in [6, 6.07) is 4.74. The lowest BCUT2D eigenvalue weighted by Crippen LogP contribution is -1.90. The summed E-state index contributed by atoms with van der Waals surface area (Å²) in [6.45, 7) is 1.84. The molecule has 3 N–H and O–H groups in total. The van der Waals surface area contributed by atoms with Gasteiger partial charge in [0.15, 0.2) is 5.13 Å². The Kier molecular flexibility index (Phi) is 2.55. The van der Waals surface area contributed by atoms with Gasteiger partial charge < -0.3 is 11.1 Å². The molecule has 0 saturated heterocycles. The Labute approximate surface area is 90.8 Å². The van der Waals surface area contributed by atoms with E-state index in [0.717, 1.165) is 5.56 Å². The molecule has 0 amide bonds. The minimum Gasteiger partial charge on any atom is -0.389 e. The van der Waals surface area contributed by atoms with E-state index in [9.17, 15) is 4.39 Å². The number of nitrogens with zero attached hydrogens (tertiary/aromatic N) is 1. The van der Waals surface area contributed by atoms with Crippen molar-refractivity contribution in [1.29, 1.82) is 0 Å². The summed E-state index contributed by atoms with van der Waals surface area (Å²) >= 11 is 1.33. The second-order valence-electron chi connectivity index (χ2n) is 3.21. The van der Waals surface area contributed by atoms with Crippen molar-refractivity contribution in [3.63, 3.8) is 0 Å². The fourth-order valence-electron chi connectivity index (χ4n) is 1.28. The highest BCUT2D eigenvalue weighted by atomic mass is 32.1. The molecule has 5 heteroatoms. The predicted molar refractivity (Wildman–Crippen MR) is 60.9 cm³/mol. The van der Waals surface area contributed by atoms with E-state index in [4.69, 9.17) is 5.73 Å². The Morgan fingerprint density at radius 1 is 1.40 bits per heavy atom. The van der Waals surface area contributed by atoms with Crippen LogP contribution in [0, 0.1) is 12.7 Å². The molecule has 0 aliphatic heterocycles. The van der Waals surface area contributed by atoms with E-state index >= 15 is 0 Å². The number of anilines is 3.